The molecule has 152 valence electrons. The third-order valence-corrected chi connectivity index (χ3v) is 4.64. The van der Waals surface area contributed by atoms with Crippen LogP contribution in [0.5, 0.6) is 11.5 Å². The summed E-state index contributed by atoms with van der Waals surface area (Å²) in [6.07, 6.45) is 0. The Morgan fingerprint density at radius 1 is 1.17 bits per heavy atom. The molecule has 0 fully saturated rings. The fourth-order valence-corrected chi connectivity index (χ4v) is 3.03. The van der Waals surface area contributed by atoms with E-state index in [1.807, 2.05) is 43.3 Å². The highest BCUT2D eigenvalue weighted by Gasteiger charge is 2.17. The second-order valence-corrected chi connectivity index (χ2v) is 6.99. The van der Waals surface area contributed by atoms with Crippen LogP contribution in [0.3, 0.4) is 0 Å². The number of methoxy groups -OCH3 is 2. The molecule has 1 heterocycles. The fourth-order valence-electron chi connectivity index (χ4n) is 3.03. The van der Waals surface area contributed by atoms with Crippen LogP contribution < -0.4 is 14.8 Å². The molecule has 0 spiro atoms. The first kappa shape index (κ1) is 20.4. The molecule has 7 nitrogen and oxygen atoms in total. The zero-order chi connectivity index (χ0) is 21.0. The minimum Gasteiger partial charge on any atom is -0.497 e. The van der Waals surface area contributed by atoms with E-state index in [1.165, 1.54) is 0 Å². The summed E-state index contributed by atoms with van der Waals surface area (Å²) in [4.78, 5) is 17.1. The first-order valence-corrected chi connectivity index (χ1v) is 9.36. The summed E-state index contributed by atoms with van der Waals surface area (Å²) in [6, 6.07) is 11.1. The number of nitrogens with zero attached hydrogens (tertiary/aromatic N) is 2. The molecule has 0 aliphatic carbocycles. The number of amides is 1. The van der Waals surface area contributed by atoms with Gasteiger partial charge < -0.3 is 19.3 Å². The van der Waals surface area contributed by atoms with Gasteiger partial charge in [-0.25, -0.2) is 0 Å². The van der Waals surface area contributed by atoms with Gasteiger partial charge >= 0.3 is 0 Å². The van der Waals surface area contributed by atoms with E-state index in [0.29, 0.717) is 23.0 Å². The van der Waals surface area contributed by atoms with Crippen LogP contribution >= 0.6 is 0 Å². The topological polar surface area (TPSA) is 86.5 Å². The number of benzene rings is 2. The number of carbonyl (C=O) groups is 1. The molecule has 0 aliphatic heterocycles. The minimum atomic E-state index is -0.201. The van der Waals surface area contributed by atoms with Gasteiger partial charge in [-0.3, -0.25) is 4.79 Å². The number of aryl methyl sites for hydroxylation is 1. The average Bonchev–Trinajstić information content (AvgIpc) is 3.20. The Labute approximate surface area is 170 Å². The predicted octanol–water partition coefficient (Wildman–Crippen LogP) is 4.12. The Balaban J connectivity index is 1.73. The van der Waals surface area contributed by atoms with Crippen LogP contribution in [0.2, 0.25) is 0 Å². The highest BCUT2D eigenvalue weighted by molar-refractivity contribution is 5.96. The molecule has 0 unspecified atom stereocenters. The minimum absolute atomic E-state index is 0.137. The van der Waals surface area contributed by atoms with Gasteiger partial charge in [0.2, 0.25) is 11.7 Å². The van der Waals surface area contributed by atoms with E-state index < -0.39 is 0 Å². The van der Waals surface area contributed by atoms with Crippen LogP contribution in [0.4, 0.5) is 0 Å². The Morgan fingerprint density at radius 3 is 2.66 bits per heavy atom. The maximum absolute atomic E-state index is 12.7. The van der Waals surface area contributed by atoms with E-state index in [4.69, 9.17) is 14.0 Å². The third kappa shape index (κ3) is 4.56. The molecule has 0 radical (unpaired) electrons. The van der Waals surface area contributed by atoms with Crippen molar-refractivity contribution in [2.75, 3.05) is 14.2 Å². The lowest BCUT2D eigenvalue weighted by Crippen LogP contribution is -2.24. The maximum Gasteiger partial charge on any atom is 0.251 e. The van der Waals surface area contributed by atoms with Crippen LogP contribution in [0, 0.1) is 6.92 Å². The van der Waals surface area contributed by atoms with Crippen molar-refractivity contribution < 1.29 is 18.8 Å². The van der Waals surface area contributed by atoms with Crippen LogP contribution in [0.1, 0.15) is 47.1 Å². The second kappa shape index (κ2) is 8.77. The van der Waals surface area contributed by atoms with E-state index >= 15 is 0 Å². The third-order valence-electron chi connectivity index (χ3n) is 4.64. The molecule has 1 amide bonds. The van der Waals surface area contributed by atoms with E-state index in [-0.39, 0.29) is 18.4 Å². The van der Waals surface area contributed by atoms with Crippen LogP contribution in [-0.2, 0) is 6.54 Å². The van der Waals surface area contributed by atoms with E-state index in [2.05, 4.69) is 29.3 Å². The van der Waals surface area contributed by atoms with Crippen molar-refractivity contribution in [2.24, 2.45) is 0 Å². The lowest BCUT2D eigenvalue weighted by Gasteiger charge is -2.15. The predicted molar refractivity (Wildman–Crippen MR) is 109 cm³/mol. The van der Waals surface area contributed by atoms with Crippen LogP contribution in [0.15, 0.2) is 40.9 Å². The molecule has 0 saturated carbocycles. The Kier molecular flexibility index (Phi) is 6.16. The van der Waals surface area contributed by atoms with Crippen molar-refractivity contribution in [3.63, 3.8) is 0 Å². The molecule has 1 N–H and O–H groups in total. The number of hydrogen-bond donors (Lipinski definition) is 1. The number of carbonyl (C=O) groups excluding carboxylic acids is 1. The number of aromatic nitrogens is 2. The Bertz CT molecular complexity index is 1010. The van der Waals surface area contributed by atoms with Crippen molar-refractivity contribution >= 4 is 5.91 Å². The lowest BCUT2D eigenvalue weighted by atomic mass is 9.96. The molecule has 1 aromatic heterocycles. The number of ether oxygens (including phenoxy) is 2. The molecule has 0 aliphatic rings. The standard InChI is InChI=1S/C22H25N3O4/c1-13(2)17-11-18(14(3)9-19(17)28-5)22(26)23-12-20-24-21(25-29-20)15-7-6-8-16(10-15)27-4/h6-11,13H,12H2,1-5H3,(H,23,26). The summed E-state index contributed by atoms with van der Waals surface area (Å²) in [5.74, 6) is 2.29. The smallest absolute Gasteiger partial charge is 0.251 e. The largest absolute Gasteiger partial charge is 0.497 e. The van der Waals surface area contributed by atoms with Gasteiger partial charge in [0.1, 0.15) is 11.5 Å². The zero-order valence-electron chi connectivity index (χ0n) is 17.3. The number of nitrogens with one attached hydrogen (secondary N) is 1. The molecule has 0 saturated heterocycles. The van der Waals surface area contributed by atoms with Gasteiger partial charge in [0, 0.05) is 11.1 Å². The number of rotatable bonds is 7. The second-order valence-electron chi connectivity index (χ2n) is 6.99. The summed E-state index contributed by atoms with van der Waals surface area (Å²) in [6.45, 7) is 6.15. The van der Waals surface area contributed by atoms with Gasteiger partial charge in [-0.1, -0.05) is 31.1 Å². The molecule has 2 aromatic carbocycles. The quantitative estimate of drug-likeness (QED) is 0.648. The lowest BCUT2D eigenvalue weighted by molar-refractivity contribution is 0.0945. The molecule has 0 atom stereocenters. The van der Waals surface area contributed by atoms with E-state index in [0.717, 1.165) is 22.4 Å². The van der Waals surface area contributed by atoms with Crippen molar-refractivity contribution in [2.45, 2.75) is 33.2 Å². The summed E-state index contributed by atoms with van der Waals surface area (Å²) in [7, 11) is 3.23. The van der Waals surface area contributed by atoms with Crippen LogP contribution in [0.25, 0.3) is 11.4 Å². The van der Waals surface area contributed by atoms with Gasteiger partial charge in [0.25, 0.3) is 5.91 Å². The van der Waals surface area contributed by atoms with Crippen LogP contribution in [-0.4, -0.2) is 30.3 Å². The SMILES string of the molecule is COc1cccc(-c2noc(CNC(=O)c3cc(C(C)C)c(OC)cc3C)n2)c1. The van der Waals surface area contributed by atoms with E-state index in [9.17, 15) is 4.79 Å². The Hall–Kier alpha value is -3.35. The molecule has 3 rings (SSSR count). The first-order chi connectivity index (χ1) is 13.9. The molecular formula is C22H25N3O4. The first-order valence-electron chi connectivity index (χ1n) is 9.36. The number of hydrogen-bond acceptors (Lipinski definition) is 6. The summed E-state index contributed by atoms with van der Waals surface area (Å²) < 4.78 is 15.9. The average molecular weight is 395 g/mol. The van der Waals surface area contributed by atoms with Gasteiger partial charge in [-0.2, -0.15) is 4.98 Å². The van der Waals surface area contributed by atoms with Crippen molar-refractivity contribution in [3.05, 3.63) is 59.0 Å². The highest BCUT2D eigenvalue weighted by atomic mass is 16.5. The summed E-state index contributed by atoms with van der Waals surface area (Å²) >= 11 is 0. The van der Waals surface area contributed by atoms with Gasteiger partial charge in [0.05, 0.1) is 20.8 Å². The van der Waals surface area contributed by atoms with Crippen molar-refractivity contribution in [3.8, 4) is 22.9 Å². The summed E-state index contributed by atoms with van der Waals surface area (Å²) in [5.41, 5.74) is 3.20. The molecule has 7 heteroatoms. The zero-order valence-corrected chi connectivity index (χ0v) is 17.3. The maximum atomic E-state index is 12.7. The summed E-state index contributed by atoms with van der Waals surface area (Å²) in [5, 5.41) is 6.83. The van der Waals surface area contributed by atoms with Crippen molar-refractivity contribution in [1.29, 1.82) is 0 Å². The Morgan fingerprint density at radius 2 is 1.97 bits per heavy atom. The van der Waals surface area contributed by atoms with Gasteiger partial charge in [0.15, 0.2) is 0 Å². The molecule has 3 aromatic rings. The normalized spacial score (nSPS) is 10.8. The van der Waals surface area contributed by atoms with Gasteiger partial charge in [-0.05, 0) is 48.2 Å². The van der Waals surface area contributed by atoms with E-state index in [1.54, 1.807) is 14.2 Å². The van der Waals surface area contributed by atoms with Crippen molar-refractivity contribution in [1.82, 2.24) is 15.5 Å². The fraction of sp³-hybridized carbons (Fsp3) is 0.318. The molecular weight excluding hydrogens is 370 g/mol. The molecule has 0 bridgehead atoms. The monoisotopic (exact) mass is 395 g/mol. The molecule has 29 heavy (non-hydrogen) atoms. The van der Waals surface area contributed by atoms with Gasteiger partial charge in [-0.15, -0.1) is 0 Å². The highest BCUT2D eigenvalue weighted by Crippen LogP contribution is 2.29.